The molecule has 0 bridgehead atoms. The number of aromatic nitrogens is 1. The van der Waals surface area contributed by atoms with Crippen LogP contribution >= 0.6 is 11.3 Å². The summed E-state index contributed by atoms with van der Waals surface area (Å²) in [4.78, 5) is 13.5. The first-order chi connectivity index (χ1) is 9.65. The van der Waals surface area contributed by atoms with Crippen LogP contribution in [0.3, 0.4) is 0 Å². The Kier molecular flexibility index (Phi) is 2.96. The van der Waals surface area contributed by atoms with Crippen LogP contribution in [0.4, 0.5) is 0 Å². The Bertz CT molecular complexity index is 814. The minimum absolute atomic E-state index is 0.0918. The molecule has 100 valence electrons. The number of benzene rings is 1. The Morgan fingerprint density at radius 3 is 2.75 bits per heavy atom. The number of phenols is 1. The van der Waals surface area contributed by atoms with Gasteiger partial charge >= 0.3 is 4.87 Å². The summed E-state index contributed by atoms with van der Waals surface area (Å²) in [7, 11) is 0. The third-order valence-electron chi connectivity index (χ3n) is 2.73. The summed E-state index contributed by atoms with van der Waals surface area (Å²) in [5.74, 6) is -0.0986. The second-order valence-electron chi connectivity index (χ2n) is 4.04. The quantitative estimate of drug-likeness (QED) is 0.784. The number of para-hydroxylation sites is 1. The van der Waals surface area contributed by atoms with Crippen LogP contribution in [0, 0.1) is 0 Å². The zero-order valence-electron chi connectivity index (χ0n) is 10.1. The molecule has 0 aliphatic carbocycles. The van der Waals surface area contributed by atoms with Crippen molar-refractivity contribution in [1.29, 1.82) is 0 Å². The van der Waals surface area contributed by atoms with Gasteiger partial charge in [-0.15, -0.1) is 5.10 Å². The largest absolute Gasteiger partial charge is 0.507 e. The predicted molar refractivity (Wildman–Crippen MR) is 77.7 cm³/mol. The van der Waals surface area contributed by atoms with E-state index in [9.17, 15) is 15.0 Å². The lowest BCUT2D eigenvalue weighted by Crippen LogP contribution is -2.02. The summed E-state index contributed by atoms with van der Waals surface area (Å²) in [6.07, 6.45) is 3.10. The van der Waals surface area contributed by atoms with E-state index in [2.05, 4.69) is 15.2 Å². The lowest BCUT2D eigenvalue weighted by Gasteiger charge is -2.04. The third kappa shape index (κ3) is 2.14. The van der Waals surface area contributed by atoms with Gasteiger partial charge in [-0.3, -0.25) is 9.78 Å². The fourth-order valence-electron chi connectivity index (χ4n) is 1.83. The molecule has 6 nitrogen and oxygen atoms in total. The van der Waals surface area contributed by atoms with Crippen molar-refractivity contribution in [3.05, 3.63) is 49.9 Å². The molecule has 0 spiro atoms. The van der Waals surface area contributed by atoms with Crippen LogP contribution in [0.2, 0.25) is 0 Å². The molecule has 3 N–H and O–H groups in total. The highest BCUT2D eigenvalue weighted by Gasteiger charge is 2.17. The topological polar surface area (TPSA) is 98.0 Å². The molecule has 1 aromatic heterocycles. The summed E-state index contributed by atoms with van der Waals surface area (Å²) >= 11 is 0.886. The number of aromatic amines is 1. The summed E-state index contributed by atoms with van der Waals surface area (Å²) in [6, 6.07) is 6.76. The van der Waals surface area contributed by atoms with Crippen LogP contribution in [0.15, 0.2) is 44.8 Å². The van der Waals surface area contributed by atoms with Crippen molar-refractivity contribution in [1.82, 2.24) is 4.98 Å². The van der Waals surface area contributed by atoms with Crippen molar-refractivity contribution in [2.24, 2.45) is 10.2 Å². The van der Waals surface area contributed by atoms with Crippen molar-refractivity contribution in [2.45, 2.75) is 0 Å². The molecule has 1 aliphatic heterocycles. The van der Waals surface area contributed by atoms with Crippen molar-refractivity contribution in [3.8, 4) is 11.6 Å². The first kappa shape index (κ1) is 12.4. The van der Waals surface area contributed by atoms with Crippen LogP contribution < -0.4 is 4.87 Å². The third-order valence-corrected chi connectivity index (χ3v) is 3.55. The molecule has 3 rings (SSSR count). The molecule has 2 heterocycles. The van der Waals surface area contributed by atoms with E-state index in [1.807, 2.05) is 0 Å². The Hall–Kier alpha value is -2.67. The van der Waals surface area contributed by atoms with Gasteiger partial charge in [0.05, 0.1) is 11.1 Å². The molecule has 0 unspecified atom stereocenters. The molecule has 20 heavy (non-hydrogen) atoms. The van der Waals surface area contributed by atoms with Gasteiger partial charge in [-0.05, 0) is 18.2 Å². The number of aromatic hydroxyl groups is 2. The smallest absolute Gasteiger partial charge is 0.307 e. The fourth-order valence-corrected chi connectivity index (χ4v) is 2.51. The normalized spacial score (nSPS) is 15.8. The predicted octanol–water partition coefficient (Wildman–Crippen LogP) is 1.72. The van der Waals surface area contributed by atoms with E-state index < -0.39 is 0 Å². The highest BCUT2D eigenvalue weighted by atomic mass is 32.1. The first-order valence-electron chi connectivity index (χ1n) is 5.68. The highest BCUT2D eigenvalue weighted by molar-refractivity contribution is 7.10. The molecular formula is C13H9N3O3S. The molecule has 0 atom stereocenters. The monoisotopic (exact) mass is 287 g/mol. The first-order valence-corrected chi connectivity index (χ1v) is 6.50. The zero-order valence-corrected chi connectivity index (χ0v) is 10.9. The molecular weight excluding hydrogens is 278 g/mol. The molecule has 0 radical (unpaired) electrons. The van der Waals surface area contributed by atoms with E-state index in [1.54, 1.807) is 30.3 Å². The molecule has 0 saturated carbocycles. The maximum absolute atomic E-state index is 11.2. The Labute approximate surface area is 117 Å². The van der Waals surface area contributed by atoms with Gasteiger partial charge in [0, 0.05) is 11.1 Å². The standard InChI is InChI=1S/C13H9N3O3S/c17-9-4-2-1-3-8(9)11-7(6-14-16-11)5-10-12(18)15-13(19)20-10/h1-6,17-18H,(H,15,19)/b7-5+. The number of nitrogens with one attached hydrogen (secondary N) is 1. The number of H-pyrrole nitrogens is 1. The van der Waals surface area contributed by atoms with Crippen molar-refractivity contribution < 1.29 is 10.2 Å². The van der Waals surface area contributed by atoms with Gasteiger partial charge in [0.1, 0.15) is 11.5 Å². The highest BCUT2D eigenvalue weighted by Crippen LogP contribution is 2.26. The maximum atomic E-state index is 11.2. The lowest BCUT2D eigenvalue weighted by atomic mass is 10.0. The number of allylic oxidation sites excluding steroid dienone is 1. The van der Waals surface area contributed by atoms with Gasteiger partial charge < -0.3 is 10.2 Å². The van der Waals surface area contributed by atoms with Crippen LogP contribution in [0.25, 0.3) is 6.08 Å². The van der Waals surface area contributed by atoms with Crippen molar-refractivity contribution >= 4 is 29.3 Å². The number of rotatable bonds is 2. The maximum Gasteiger partial charge on any atom is 0.307 e. The van der Waals surface area contributed by atoms with Gasteiger partial charge in [0.15, 0.2) is 0 Å². The fraction of sp³-hybridized carbons (Fsp3) is 0. The Morgan fingerprint density at radius 1 is 1.25 bits per heavy atom. The van der Waals surface area contributed by atoms with Crippen molar-refractivity contribution in [2.75, 3.05) is 0 Å². The number of phenolic OH excluding ortho intramolecular Hbond substituents is 1. The minimum atomic E-state index is -0.342. The van der Waals surface area contributed by atoms with E-state index >= 15 is 0 Å². The lowest BCUT2D eigenvalue weighted by molar-refractivity contribution is 0.455. The van der Waals surface area contributed by atoms with Gasteiger partial charge in [0.25, 0.3) is 0 Å². The second kappa shape index (κ2) is 4.78. The molecule has 1 aliphatic rings. The molecule has 0 fully saturated rings. The van der Waals surface area contributed by atoms with E-state index in [-0.39, 0.29) is 16.5 Å². The zero-order chi connectivity index (χ0) is 14.1. The Balaban J connectivity index is 2.05. The van der Waals surface area contributed by atoms with E-state index in [0.717, 1.165) is 11.3 Å². The SMILES string of the molecule is O=c1[nH]c(O)c(/C=C2\C=NN=C2c2ccccc2O)s1. The summed E-state index contributed by atoms with van der Waals surface area (Å²) in [5.41, 5.74) is 1.64. The van der Waals surface area contributed by atoms with E-state index in [0.29, 0.717) is 21.7 Å². The van der Waals surface area contributed by atoms with E-state index in [4.69, 9.17) is 0 Å². The summed E-state index contributed by atoms with van der Waals surface area (Å²) in [6.45, 7) is 0. The summed E-state index contributed by atoms with van der Waals surface area (Å²) < 4.78 is 0. The molecule has 1 aromatic carbocycles. The van der Waals surface area contributed by atoms with Gasteiger partial charge in [0.2, 0.25) is 5.88 Å². The minimum Gasteiger partial charge on any atom is -0.507 e. The van der Waals surface area contributed by atoms with Gasteiger partial charge in [-0.2, -0.15) is 5.10 Å². The number of hydrogen-bond donors (Lipinski definition) is 3. The second-order valence-corrected chi connectivity index (χ2v) is 5.05. The molecule has 0 amide bonds. The van der Waals surface area contributed by atoms with Crippen LogP contribution in [-0.4, -0.2) is 27.1 Å². The van der Waals surface area contributed by atoms with Gasteiger partial charge in [-0.25, -0.2) is 0 Å². The number of nitrogens with zero attached hydrogens (tertiary/aromatic N) is 2. The summed E-state index contributed by atoms with van der Waals surface area (Å²) in [5, 5.41) is 27.2. The molecule has 0 saturated heterocycles. The number of hydrogen-bond acceptors (Lipinski definition) is 6. The van der Waals surface area contributed by atoms with Crippen LogP contribution in [-0.2, 0) is 0 Å². The number of thiazole rings is 1. The molecule has 2 aromatic rings. The Morgan fingerprint density at radius 2 is 2.05 bits per heavy atom. The average Bonchev–Trinajstić information content (AvgIpc) is 2.98. The van der Waals surface area contributed by atoms with Crippen LogP contribution in [0.1, 0.15) is 10.4 Å². The van der Waals surface area contributed by atoms with Crippen LogP contribution in [0.5, 0.6) is 11.6 Å². The average molecular weight is 287 g/mol. The van der Waals surface area contributed by atoms with E-state index in [1.165, 1.54) is 6.21 Å². The molecule has 7 heteroatoms. The van der Waals surface area contributed by atoms with Gasteiger partial charge in [-0.1, -0.05) is 23.5 Å². The van der Waals surface area contributed by atoms with Crippen molar-refractivity contribution in [3.63, 3.8) is 0 Å².